The fourth-order valence-electron chi connectivity index (χ4n) is 12.9. The van der Waals surface area contributed by atoms with Crippen LogP contribution < -0.4 is 0 Å². The molecule has 0 aromatic heterocycles. The molecule has 0 amide bonds. The lowest BCUT2D eigenvalue weighted by Crippen LogP contribution is -2.65. The molecule has 4 saturated heterocycles. The predicted octanol–water partition coefficient (Wildman–Crippen LogP) is -1.16. The van der Waals surface area contributed by atoms with Crippen LogP contribution >= 0.6 is 0 Å². The van der Waals surface area contributed by atoms with Crippen LogP contribution in [0.4, 0.5) is 0 Å². The second-order valence-corrected chi connectivity index (χ2v) is 19.2. The number of methoxy groups -OCH3 is 1. The van der Waals surface area contributed by atoms with Gasteiger partial charge in [0.05, 0.1) is 25.4 Å². The second kappa shape index (κ2) is 15.8. The SMILES string of the molecule is CO[C@@H]1[C@@H](O)[C@H](O[C@H]2CC[C@@]3(C)[C@H](CC[C@@]45O[C@@]46CC=C(C4=CC(=O)OC4)[C@@]6(C)CC[C@H]35)C2)O[C@H](C)[C@@H]1O[C@@H]1O[C@H](CO[C@@H]2O[C@H](CO)[C@@H](O)[C@H](O)[C@H]2O)[C@@H](O)[C@H](O)[C@H]1O. The third-order valence-corrected chi connectivity index (χ3v) is 16.3. The van der Waals surface area contributed by atoms with Crippen LogP contribution in [-0.2, 0) is 47.4 Å². The first-order valence-corrected chi connectivity index (χ1v) is 21.6. The van der Waals surface area contributed by atoms with Crippen LogP contribution in [0.5, 0.6) is 0 Å². The van der Waals surface area contributed by atoms with Crippen LogP contribution in [-0.4, -0.2) is 183 Å². The van der Waals surface area contributed by atoms with Gasteiger partial charge in [-0.3, -0.25) is 0 Å². The molecule has 7 fully saturated rings. The number of hydrogen-bond donors (Lipinski definition) is 8. The summed E-state index contributed by atoms with van der Waals surface area (Å²) in [6, 6.07) is 0. The zero-order valence-corrected chi connectivity index (χ0v) is 34.5. The van der Waals surface area contributed by atoms with Gasteiger partial charge in [-0.1, -0.05) is 19.9 Å². The molecule has 5 heterocycles. The highest BCUT2D eigenvalue weighted by molar-refractivity contribution is 5.87. The molecule has 18 heteroatoms. The maximum absolute atomic E-state index is 12.0. The quantitative estimate of drug-likeness (QED) is 0.0732. The van der Waals surface area contributed by atoms with Gasteiger partial charge in [-0.2, -0.15) is 0 Å². The van der Waals surface area contributed by atoms with Gasteiger partial charge in [-0.05, 0) is 81.1 Å². The van der Waals surface area contributed by atoms with Crippen LogP contribution in [0.2, 0.25) is 0 Å². The lowest BCUT2D eigenvalue weighted by molar-refractivity contribution is -0.367. The molecule has 9 rings (SSSR count). The van der Waals surface area contributed by atoms with Gasteiger partial charge < -0.3 is 83.5 Å². The van der Waals surface area contributed by atoms with Crippen LogP contribution in [0.15, 0.2) is 23.3 Å². The number of hydrogen-bond acceptors (Lipinski definition) is 18. The molecule has 3 saturated carbocycles. The number of ether oxygens (including phenoxy) is 9. The van der Waals surface area contributed by atoms with E-state index in [0.717, 1.165) is 56.9 Å². The molecule has 60 heavy (non-hydrogen) atoms. The summed E-state index contributed by atoms with van der Waals surface area (Å²) in [5, 5.41) is 84.1. The standard InChI is InChI=1S/C42H62O18/c1-18-34(59-37-32(50)30(48)28(46)24(58-37)17-54-36-31(49)29(47)27(45)23(15-43)57-36)35(52-4)33(51)38(55-18)56-21-6-9-39(2)20(14-21)5-11-41-25(39)8-10-40(3)22(7-12-42(40,41)60-41)19-13-26(44)53-16-19/h7,13,18,20-21,23-25,27-38,43,45-51H,5-6,8-12,14-17H2,1-4H3/t18-,20-,21+,23-,24-,25-,27-,28-,29+,30+,31-,32-,33-,34+,35-,36-,37+,38+,39+,40-,41+,42-/m1/s1. The van der Waals surface area contributed by atoms with Crippen LogP contribution in [0.3, 0.4) is 0 Å². The lowest BCUT2D eigenvalue weighted by atomic mass is 9.44. The summed E-state index contributed by atoms with van der Waals surface area (Å²) >= 11 is 0. The molecule has 0 radical (unpaired) electrons. The summed E-state index contributed by atoms with van der Waals surface area (Å²) in [5.74, 6) is 0.498. The predicted molar refractivity (Wildman–Crippen MR) is 201 cm³/mol. The molecular formula is C42H62O18. The molecule has 9 aliphatic rings. The molecule has 0 aromatic carbocycles. The van der Waals surface area contributed by atoms with E-state index in [1.807, 2.05) is 0 Å². The van der Waals surface area contributed by atoms with Crippen molar-refractivity contribution in [3.63, 3.8) is 0 Å². The van der Waals surface area contributed by atoms with E-state index in [4.69, 9.17) is 42.6 Å². The van der Waals surface area contributed by atoms with E-state index in [9.17, 15) is 45.6 Å². The molecule has 0 aromatic rings. The molecule has 4 aliphatic carbocycles. The third kappa shape index (κ3) is 6.54. The number of fused-ring (bicyclic) bond motifs is 2. The highest BCUT2D eigenvalue weighted by Gasteiger charge is 2.85. The zero-order chi connectivity index (χ0) is 42.7. The summed E-state index contributed by atoms with van der Waals surface area (Å²) in [6.07, 6.45) is -9.93. The first kappa shape index (κ1) is 43.6. The van der Waals surface area contributed by atoms with Crippen molar-refractivity contribution in [2.45, 2.75) is 182 Å². The van der Waals surface area contributed by atoms with Crippen molar-refractivity contribution in [3.05, 3.63) is 23.3 Å². The van der Waals surface area contributed by atoms with Crippen molar-refractivity contribution in [1.82, 2.24) is 0 Å². The Morgan fingerprint density at radius 3 is 2.18 bits per heavy atom. The van der Waals surface area contributed by atoms with E-state index in [2.05, 4.69) is 19.9 Å². The zero-order valence-electron chi connectivity index (χ0n) is 34.5. The summed E-state index contributed by atoms with van der Waals surface area (Å²) in [6.45, 7) is 5.58. The van der Waals surface area contributed by atoms with E-state index in [1.165, 1.54) is 12.7 Å². The van der Waals surface area contributed by atoms with Crippen molar-refractivity contribution < 1.29 is 88.3 Å². The van der Waals surface area contributed by atoms with Gasteiger partial charge in [-0.25, -0.2) is 4.79 Å². The average molecular weight is 855 g/mol. The van der Waals surface area contributed by atoms with Crippen molar-refractivity contribution in [2.24, 2.45) is 22.7 Å². The molecule has 18 nitrogen and oxygen atoms in total. The molecule has 8 N–H and O–H groups in total. The van der Waals surface area contributed by atoms with Gasteiger partial charge in [0.15, 0.2) is 18.9 Å². The number of carbonyl (C=O) groups excluding carboxylic acids is 1. The van der Waals surface area contributed by atoms with Crippen LogP contribution in [0.25, 0.3) is 0 Å². The van der Waals surface area contributed by atoms with Crippen LogP contribution in [0.1, 0.15) is 72.1 Å². The van der Waals surface area contributed by atoms with Gasteiger partial charge in [0, 0.05) is 24.2 Å². The Labute approximate surface area is 348 Å². The Hall–Kier alpha value is -1.69. The van der Waals surface area contributed by atoms with E-state index in [0.29, 0.717) is 18.4 Å². The first-order valence-electron chi connectivity index (χ1n) is 21.6. The van der Waals surface area contributed by atoms with E-state index in [-0.39, 0.29) is 34.1 Å². The molecule has 0 unspecified atom stereocenters. The maximum atomic E-state index is 12.0. The Bertz CT molecular complexity index is 1690. The molecule has 5 aliphatic heterocycles. The van der Waals surface area contributed by atoms with Gasteiger partial charge in [0.25, 0.3) is 0 Å². The minimum Gasteiger partial charge on any atom is -0.458 e. The Balaban J connectivity index is 0.813. The summed E-state index contributed by atoms with van der Waals surface area (Å²) < 4.78 is 53.8. The largest absolute Gasteiger partial charge is 0.458 e. The monoisotopic (exact) mass is 854 g/mol. The van der Waals surface area contributed by atoms with Crippen molar-refractivity contribution in [3.8, 4) is 0 Å². The van der Waals surface area contributed by atoms with Crippen molar-refractivity contribution in [2.75, 3.05) is 26.9 Å². The maximum Gasteiger partial charge on any atom is 0.331 e. The van der Waals surface area contributed by atoms with E-state index < -0.39 is 105 Å². The van der Waals surface area contributed by atoms with Crippen LogP contribution in [0, 0.1) is 22.7 Å². The summed E-state index contributed by atoms with van der Waals surface area (Å²) in [4.78, 5) is 12.0. The normalized spacial score (nSPS) is 54.8. The number of epoxide rings is 1. The minimum atomic E-state index is -1.76. The van der Waals surface area contributed by atoms with Gasteiger partial charge in [0.2, 0.25) is 0 Å². The highest BCUT2D eigenvalue weighted by Crippen LogP contribution is 2.80. The van der Waals surface area contributed by atoms with E-state index in [1.54, 1.807) is 13.0 Å². The number of esters is 1. The Morgan fingerprint density at radius 1 is 0.783 bits per heavy atom. The third-order valence-electron chi connectivity index (χ3n) is 16.3. The van der Waals surface area contributed by atoms with Gasteiger partial charge >= 0.3 is 5.97 Å². The fraction of sp³-hybridized carbons (Fsp3) is 0.881. The topological polar surface area (TPSA) is 265 Å². The van der Waals surface area contributed by atoms with E-state index >= 15 is 0 Å². The molecular weight excluding hydrogens is 792 g/mol. The van der Waals surface area contributed by atoms with Gasteiger partial charge in [0.1, 0.15) is 85.0 Å². The Kier molecular flexibility index (Phi) is 11.5. The smallest absolute Gasteiger partial charge is 0.331 e. The minimum absolute atomic E-state index is 0.0431. The molecule has 0 bridgehead atoms. The molecule has 22 atom stereocenters. The highest BCUT2D eigenvalue weighted by atomic mass is 16.8. The van der Waals surface area contributed by atoms with Crippen molar-refractivity contribution >= 4 is 5.97 Å². The van der Waals surface area contributed by atoms with Gasteiger partial charge in [-0.15, -0.1) is 0 Å². The number of aliphatic hydroxyl groups excluding tert-OH is 8. The fourth-order valence-corrected chi connectivity index (χ4v) is 12.9. The number of carbonyl (C=O) groups is 1. The number of rotatable bonds is 10. The first-order chi connectivity index (χ1) is 28.5. The Morgan fingerprint density at radius 2 is 1.48 bits per heavy atom. The molecule has 2 spiro atoms. The summed E-state index contributed by atoms with van der Waals surface area (Å²) in [7, 11) is 1.40. The number of cyclic esters (lactones) is 1. The second-order valence-electron chi connectivity index (χ2n) is 19.2. The lowest BCUT2D eigenvalue weighted by Gasteiger charge is -2.58. The van der Waals surface area contributed by atoms with Crippen molar-refractivity contribution in [1.29, 1.82) is 0 Å². The average Bonchev–Trinajstić information content (AvgIpc) is 3.54. The number of aliphatic hydroxyl groups is 8. The summed E-state index contributed by atoms with van der Waals surface area (Å²) in [5.41, 5.74) is 1.64. The molecule has 338 valence electrons.